The highest BCUT2D eigenvalue weighted by atomic mass is 35.5. The highest BCUT2D eigenvalue weighted by Crippen LogP contribution is 2.15. The van der Waals surface area contributed by atoms with Gasteiger partial charge in [-0.3, -0.25) is 0 Å². The number of aliphatic hydroxyl groups excluding tert-OH is 2. The lowest BCUT2D eigenvalue weighted by Crippen LogP contribution is -2.47. The third kappa shape index (κ3) is 7.61. The van der Waals surface area contributed by atoms with E-state index in [1.807, 2.05) is 12.1 Å². The van der Waals surface area contributed by atoms with Crippen molar-refractivity contribution in [1.82, 2.24) is 5.32 Å². The van der Waals surface area contributed by atoms with Gasteiger partial charge in [-0.15, -0.1) is 0 Å². The molecule has 2 aromatic carbocycles. The normalized spacial score (nSPS) is 13.4. The predicted octanol–water partition coefficient (Wildman–Crippen LogP) is 2.41. The second-order valence-electron chi connectivity index (χ2n) is 6.35. The van der Waals surface area contributed by atoms with E-state index >= 15 is 0 Å². The Morgan fingerprint density at radius 3 is 2.45 bits per heavy atom. The zero-order valence-electron chi connectivity index (χ0n) is 16.0. The van der Waals surface area contributed by atoms with Gasteiger partial charge in [0.15, 0.2) is 5.84 Å². The van der Waals surface area contributed by atoms with Gasteiger partial charge in [-0.2, -0.15) is 0 Å². The summed E-state index contributed by atoms with van der Waals surface area (Å²) in [6, 6.07) is 12.8. The van der Waals surface area contributed by atoms with Crippen molar-refractivity contribution in [3.8, 4) is 0 Å². The Bertz CT molecular complexity index is 810. The quantitative estimate of drug-likeness (QED) is 0.184. The minimum atomic E-state index is -0.654. The van der Waals surface area contributed by atoms with Crippen molar-refractivity contribution in [3.63, 3.8) is 0 Å². The number of halogens is 1. The number of hydrogen-bond donors (Lipinski definition) is 5. The number of rotatable bonds is 9. The van der Waals surface area contributed by atoms with Crippen LogP contribution in [0.3, 0.4) is 0 Å². The molecule has 0 aliphatic carbocycles. The first-order valence-electron chi connectivity index (χ1n) is 9.05. The average Bonchev–Trinajstić information content (AvgIpc) is 2.69. The van der Waals surface area contributed by atoms with Crippen molar-refractivity contribution < 1.29 is 19.8 Å². The molecule has 0 fully saturated rings. The Balaban J connectivity index is 2.09. The number of nitrogens with two attached hydrogens (primary N) is 1. The molecule has 0 spiro atoms. The van der Waals surface area contributed by atoms with Gasteiger partial charge < -0.3 is 31.4 Å². The number of carbonyl (C=O) groups is 1. The van der Waals surface area contributed by atoms with Gasteiger partial charge in [0.05, 0.1) is 18.8 Å². The number of oxime groups is 1. The van der Waals surface area contributed by atoms with Gasteiger partial charge in [-0.25, -0.2) is 4.79 Å². The van der Waals surface area contributed by atoms with Crippen LogP contribution < -0.4 is 16.4 Å². The van der Waals surface area contributed by atoms with Crippen LogP contribution in [0, 0.1) is 0 Å². The standard InChI is InChI=1S/C20H25ClN4O4/c1-13(27)15-4-2-14(3-5-15)12-18(19(22)25-29-11-10-26)24-20(28)23-17-8-6-16(21)7-9-17/h2-9,13,18,26-27H,10-12H2,1H3,(H2,22,25)(H2,23,24,28). The highest BCUT2D eigenvalue weighted by molar-refractivity contribution is 6.30. The van der Waals surface area contributed by atoms with Crippen LogP contribution in [0.15, 0.2) is 53.7 Å². The van der Waals surface area contributed by atoms with Crippen LogP contribution in [0.4, 0.5) is 10.5 Å². The molecule has 6 N–H and O–H groups in total. The molecule has 0 saturated carbocycles. The molecule has 156 valence electrons. The predicted molar refractivity (Wildman–Crippen MR) is 113 cm³/mol. The lowest BCUT2D eigenvalue weighted by Gasteiger charge is -2.19. The molecule has 8 nitrogen and oxygen atoms in total. The lowest BCUT2D eigenvalue weighted by atomic mass is 10.0. The molecule has 0 saturated heterocycles. The molecular weight excluding hydrogens is 396 g/mol. The Morgan fingerprint density at radius 1 is 1.21 bits per heavy atom. The number of nitrogens with one attached hydrogen (secondary N) is 2. The molecule has 9 heteroatoms. The fourth-order valence-corrected chi connectivity index (χ4v) is 2.61. The minimum absolute atomic E-state index is 0.00647. The molecule has 0 aromatic heterocycles. The van der Waals surface area contributed by atoms with Crippen LogP contribution in [-0.2, 0) is 11.3 Å². The van der Waals surface area contributed by atoms with Gasteiger partial charge in [-0.1, -0.05) is 41.0 Å². The number of hydrogen-bond acceptors (Lipinski definition) is 5. The molecule has 2 amide bonds. The Labute approximate surface area is 174 Å². The van der Waals surface area contributed by atoms with E-state index in [1.54, 1.807) is 43.3 Å². The Kier molecular flexibility index (Phi) is 8.72. The minimum Gasteiger partial charge on any atom is -0.393 e. The van der Waals surface area contributed by atoms with E-state index in [-0.39, 0.29) is 19.0 Å². The Morgan fingerprint density at radius 2 is 1.86 bits per heavy atom. The molecule has 0 aliphatic heterocycles. The molecular formula is C20H25ClN4O4. The van der Waals surface area contributed by atoms with Crippen molar-refractivity contribution in [2.24, 2.45) is 10.9 Å². The summed E-state index contributed by atoms with van der Waals surface area (Å²) in [6.45, 7) is 1.48. The first-order chi connectivity index (χ1) is 13.9. The first-order valence-corrected chi connectivity index (χ1v) is 9.43. The van der Waals surface area contributed by atoms with E-state index in [4.69, 9.17) is 27.3 Å². The SMILES string of the molecule is CC(O)c1ccc(CC(NC(=O)Nc2ccc(Cl)cc2)/C(N)=N/OCCO)cc1. The van der Waals surface area contributed by atoms with Crippen LogP contribution in [-0.4, -0.2) is 41.3 Å². The fourth-order valence-electron chi connectivity index (χ4n) is 2.48. The Hall–Kier alpha value is -2.81. The molecule has 0 radical (unpaired) electrons. The number of nitrogens with zero attached hydrogens (tertiary/aromatic N) is 1. The summed E-state index contributed by atoms with van der Waals surface area (Å²) in [5.41, 5.74) is 8.22. The molecule has 0 bridgehead atoms. The van der Waals surface area contributed by atoms with Gasteiger partial charge in [0, 0.05) is 17.1 Å². The third-order valence-corrected chi connectivity index (χ3v) is 4.27. The van der Waals surface area contributed by atoms with Crippen molar-refractivity contribution in [1.29, 1.82) is 0 Å². The van der Waals surface area contributed by atoms with Gasteiger partial charge >= 0.3 is 6.03 Å². The van der Waals surface area contributed by atoms with Crippen LogP contribution in [0.1, 0.15) is 24.2 Å². The summed E-state index contributed by atoms with van der Waals surface area (Å²) in [5, 5.41) is 28.2. The van der Waals surface area contributed by atoms with Gasteiger partial charge in [0.25, 0.3) is 0 Å². The van der Waals surface area contributed by atoms with Crippen molar-refractivity contribution >= 4 is 29.2 Å². The maximum atomic E-state index is 12.4. The number of benzene rings is 2. The number of amidine groups is 1. The molecule has 0 heterocycles. The van der Waals surface area contributed by atoms with Gasteiger partial charge in [0.1, 0.15) is 6.61 Å². The zero-order valence-corrected chi connectivity index (χ0v) is 16.8. The van der Waals surface area contributed by atoms with Crippen molar-refractivity contribution in [2.75, 3.05) is 18.5 Å². The first kappa shape index (κ1) is 22.5. The van der Waals surface area contributed by atoms with E-state index in [9.17, 15) is 9.90 Å². The third-order valence-electron chi connectivity index (χ3n) is 4.02. The van der Waals surface area contributed by atoms with E-state index in [0.717, 1.165) is 11.1 Å². The smallest absolute Gasteiger partial charge is 0.319 e. The molecule has 2 unspecified atom stereocenters. The summed E-state index contributed by atoms with van der Waals surface area (Å²) < 4.78 is 0. The summed E-state index contributed by atoms with van der Waals surface area (Å²) in [6.07, 6.45) is -0.215. The second kappa shape index (κ2) is 11.3. The summed E-state index contributed by atoms with van der Waals surface area (Å²) >= 11 is 5.85. The van der Waals surface area contributed by atoms with E-state index in [0.29, 0.717) is 17.1 Å². The summed E-state index contributed by atoms with van der Waals surface area (Å²) in [5.74, 6) is 0.0595. The van der Waals surface area contributed by atoms with E-state index < -0.39 is 18.2 Å². The number of urea groups is 1. The number of carbonyl (C=O) groups excluding carboxylic acids is 1. The van der Waals surface area contributed by atoms with Gasteiger partial charge in [0.2, 0.25) is 0 Å². The average molecular weight is 421 g/mol. The van der Waals surface area contributed by atoms with Crippen LogP contribution in [0.2, 0.25) is 5.02 Å². The highest BCUT2D eigenvalue weighted by Gasteiger charge is 2.18. The van der Waals surface area contributed by atoms with Crippen molar-refractivity contribution in [3.05, 3.63) is 64.7 Å². The number of anilines is 1. The maximum absolute atomic E-state index is 12.4. The lowest BCUT2D eigenvalue weighted by molar-refractivity contribution is 0.0975. The largest absolute Gasteiger partial charge is 0.393 e. The maximum Gasteiger partial charge on any atom is 0.319 e. The second-order valence-corrected chi connectivity index (χ2v) is 6.79. The summed E-state index contributed by atoms with van der Waals surface area (Å²) in [7, 11) is 0. The zero-order chi connectivity index (χ0) is 21.2. The topological polar surface area (TPSA) is 129 Å². The van der Waals surface area contributed by atoms with Crippen molar-refractivity contribution in [2.45, 2.75) is 25.5 Å². The number of aliphatic hydroxyl groups is 2. The van der Waals surface area contributed by atoms with E-state index in [1.165, 1.54) is 0 Å². The van der Waals surface area contributed by atoms with Crippen LogP contribution in [0.5, 0.6) is 0 Å². The number of amides is 2. The molecule has 0 aliphatic rings. The van der Waals surface area contributed by atoms with Gasteiger partial charge in [-0.05, 0) is 42.3 Å². The molecule has 2 rings (SSSR count). The molecule has 2 atom stereocenters. The molecule has 2 aromatic rings. The van der Waals surface area contributed by atoms with Crippen LogP contribution >= 0.6 is 11.6 Å². The van der Waals surface area contributed by atoms with Crippen LogP contribution in [0.25, 0.3) is 0 Å². The fraction of sp³-hybridized carbons (Fsp3) is 0.300. The summed E-state index contributed by atoms with van der Waals surface area (Å²) in [4.78, 5) is 17.3. The monoisotopic (exact) mass is 420 g/mol. The van der Waals surface area contributed by atoms with E-state index in [2.05, 4.69) is 15.8 Å². The molecule has 29 heavy (non-hydrogen) atoms.